The monoisotopic (exact) mass is 215 g/mol. The Morgan fingerprint density at radius 1 is 1.38 bits per heavy atom. The number of esters is 1. The topological polar surface area (TPSA) is 57.0 Å². The average Bonchev–Trinajstić information content (AvgIpc) is 2.89. The van der Waals surface area contributed by atoms with E-state index in [1.807, 2.05) is 18.2 Å². The fourth-order valence-electron chi connectivity index (χ4n) is 1.85. The fourth-order valence-corrected chi connectivity index (χ4v) is 1.85. The summed E-state index contributed by atoms with van der Waals surface area (Å²) in [5.74, 6) is 0.146. The molecule has 5 nitrogen and oxygen atoms in total. The first-order chi connectivity index (χ1) is 7.84. The molecule has 16 heavy (non-hydrogen) atoms. The van der Waals surface area contributed by atoms with Gasteiger partial charge in [-0.1, -0.05) is 18.2 Å². The lowest BCUT2D eigenvalue weighted by molar-refractivity contribution is -0.134. The van der Waals surface area contributed by atoms with Crippen LogP contribution in [0.2, 0.25) is 0 Å². The first-order valence-electron chi connectivity index (χ1n) is 4.97. The van der Waals surface area contributed by atoms with Gasteiger partial charge in [-0.25, -0.2) is 4.98 Å². The Hall–Kier alpha value is -2.17. The van der Waals surface area contributed by atoms with E-state index in [4.69, 9.17) is 4.74 Å². The maximum atomic E-state index is 11.7. The van der Waals surface area contributed by atoms with Crippen LogP contribution >= 0.6 is 0 Å². The lowest BCUT2D eigenvalue weighted by Crippen LogP contribution is -2.16. The number of benzene rings is 1. The van der Waals surface area contributed by atoms with E-state index in [-0.39, 0.29) is 11.9 Å². The number of hydrogen-bond acceptors (Lipinski definition) is 4. The van der Waals surface area contributed by atoms with Crippen LogP contribution in [-0.2, 0) is 11.3 Å². The average molecular weight is 215 g/mol. The van der Waals surface area contributed by atoms with Crippen molar-refractivity contribution in [1.29, 1.82) is 0 Å². The van der Waals surface area contributed by atoms with E-state index in [9.17, 15) is 4.79 Å². The second-order valence-electron chi connectivity index (χ2n) is 3.63. The van der Waals surface area contributed by atoms with Crippen molar-refractivity contribution < 1.29 is 9.53 Å². The number of ether oxygens (including phenoxy) is 1. The van der Waals surface area contributed by atoms with Crippen LogP contribution < -0.4 is 4.74 Å². The Morgan fingerprint density at radius 2 is 2.25 bits per heavy atom. The van der Waals surface area contributed by atoms with Gasteiger partial charge in [-0.2, -0.15) is 5.10 Å². The van der Waals surface area contributed by atoms with E-state index in [1.54, 1.807) is 17.1 Å². The summed E-state index contributed by atoms with van der Waals surface area (Å²) < 4.78 is 6.80. The molecule has 0 spiro atoms. The van der Waals surface area contributed by atoms with E-state index < -0.39 is 0 Å². The maximum absolute atomic E-state index is 11.7. The molecule has 0 saturated heterocycles. The number of para-hydroxylation sites is 1. The molecule has 1 aliphatic heterocycles. The molecule has 1 unspecified atom stereocenters. The predicted molar refractivity (Wildman–Crippen MR) is 54.8 cm³/mol. The highest BCUT2D eigenvalue weighted by atomic mass is 16.5. The summed E-state index contributed by atoms with van der Waals surface area (Å²) in [6, 6.07) is 7.45. The Bertz CT molecular complexity index is 522. The SMILES string of the molecule is O=C1Oc2ccccc2C1Cn1cncn1. The third kappa shape index (κ3) is 1.37. The van der Waals surface area contributed by atoms with Crippen molar-refractivity contribution in [1.82, 2.24) is 14.8 Å². The molecule has 5 heteroatoms. The smallest absolute Gasteiger partial charge is 0.320 e. The minimum absolute atomic E-state index is 0.225. The van der Waals surface area contributed by atoms with E-state index in [2.05, 4.69) is 10.1 Å². The molecule has 1 atom stereocenters. The van der Waals surface area contributed by atoms with Crippen LogP contribution in [0.1, 0.15) is 11.5 Å². The summed E-state index contributed by atoms with van der Waals surface area (Å²) in [4.78, 5) is 15.5. The fraction of sp³-hybridized carbons (Fsp3) is 0.182. The minimum Gasteiger partial charge on any atom is -0.426 e. The standard InChI is InChI=1S/C11H9N3O2/c15-11-9(5-14-7-12-6-13-14)8-3-1-2-4-10(8)16-11/h1-4,6-7,9H,5H2. The molecule has 3 rings (SSSR count). The molecular formula is C11H9N3O2. The van der Waals surface area contributed by atoms with Gasteiger partial charge in [0.15, 0.2) is 0 Å². The summed E-state index contributed by atoms with van der Waals surface area (Å²) in [5.41, 5.74) is 0.919. The lowest BCUT2D eigenvalue weighted by atomic mass is 10.0. The summed E-state index contributed by atoms with van der Waals surface area (Å²) in [6.07, 6.45) is 3.04. The van der Waals surface area contributed by atoms with Crippen molar-refractivity contribution in [3.63, 3.8) is 0 Å². The van der Waals surface area contributed by atoms with Gasteiger partial charge in [-0.05, 0) is 6.07 Å². The predicted octanol–water partition coefficient (Wildman–Crippen LogP) is 0.981. The molecule has 0 amide bonds. The molecule has 80 valence electrons. The lowest BCUT2D eigenvalue weighted by Gasteiger charge is -2.05. The number of aromatic nitrogens is 3. The Labute approximate surface area is 91.7 Å². The molecular weight excluding hydrogens is 206 g/mol. The zero-order valence-corrected chi connectivity index (χ0v) is 8.41. The Morgan fingerprint density at radius 3 is 3.06 bits per heavy atom. The number of rotatable bonds is 2. The second kappa shape index (κ2) is 3.44. The van der Waals surface area contributed by atoms with Gasteiger partial charge in [0.25, 0.3) is 0 Å². The third-order valence-electron chi connectivity index (χ3n) is 2.63. The van der Waals surface area contributed by atoms with Crippen molar-refractivity contribution in [2.45, 2.75) is 12.5 Å². The molecule has 0 N–H and O–H groups in total. The van der Waals surface area contributed by atoms with Gasteiger partial charge in [0.1, 0.15) is 24.3 Å². The number of nitrogens with zero attached hydrogens (tertiary/aromatic N) is 3. The Balaban J connectivity index is 1.93. The first-order valence-corrected chi connectivity index (χ1v) is 4.97. The minimum atomic E-state index is -0.280. The summed E-state index contributed by atoms with van der Waals surface area (Å²) in [7, 11) is 0. The molecule has 0 bridgehead atoms. The second-order valence-corrected chi connectivity index (χ2v) is 3.63. The van der Waals surface area contributed by atoms with E-state index in [0.29, 0.717) is 12.3 Å². The molecule has 0 aliphatic carbocycles. The number of fused-ring (bicyclic) bond motifs is 1. The molecule has 0 radical (unpaired) electrons. The quantitative estimate of drug-likeness (QED) is 0.553. The molecule has 2 aromatic rings. The Kier molecular flexibility index (Phi) is 1.96. The van der Waals surface area contributed by atoms with Crippen molar-refractivity contribution in [2.24, 2.45) is 0 Å². The highest BCUT2D eigenvalue weighted by Crippen LogP contribution is 2.35. The summed E-state index contributed by atoms with van der Waals surface area (Å²) in [6.45, 7) is 0.468. The van der Waals surface area contributed by atoms with Gasteiger partial charge < -0.3 is 4.74 Å². The normalized spacial score (nSPS) is 18.2. The van der Waals surface area contributed by atoms with Gasteiger partial charge in [0, 0.05) is 5.56 Å². The first kappa shape index (κ1) is 9.08. The zero-order chi connectivity index (χ0) is 11.0. The van der Waals surface area contributed by atoms with Crippen molar-refractivity contribution in [3.05, 3.63) is 42.5 Å². The summed E-state index contributed by atoms with van der Waals surface area (Å²) in [5, 5.41) is 3.98. The molecule has 0 fully saturated rings. The van der Waals surface area contributed by atoms with Crippen LogP contribution in [0.15, 0.2) is 36.9 Å². The van der Waals surface area contributed by atoms with Crippen LogP contribution in [0.4, 0.5) is 0 Å². The zero-order valence-electron chi connectivity index (χ0n) is 8.41. The van der Waals surface area contributed by atoms with Gasteiger partial charge in [-0.3, -0.25) is 9.48 Å². The molecule has 2 heterocycles. The van der Waals surface area contributed by atoms with E-state index in [1.165, 1.54) is 6.33 Å². The molecule has 1 aromatic carbocycles. The largest absolute Gasteiger partial charge is 0.426 e. The van der Waals surface area contributed by atoms with Crippen LogP contribution in [0.25, 0.3) is 0 Å². The van der Waals surface area contributed by atoms with Crippen LogP contribution in [0, 0.1) is 0 Å². The van der Waals surface area contributed by atoms with E-state index >= 15 is 0 Å². The number of carbonyl (C=O) groups excluding carboxylic acids is 1. The highest BCUT2D eigenvalue weighted by molar-refractivity contribution is 5.85. The highest BCUT2D eigenvalue weighted by Gasteiger charge is 2.33. The van der Waals surface area contributed by atoms with Gasteiger partial charge in [-0.15, -0.1) is 0 Å². The van der Waals surface area contributed by atoms with Crippen molar-refractivity contribution >= 4 is 5.97 Å². The molecule has 0 saturated carbocycles. The molecule has 1 aromatic heterocycles. The number of hydrogen-bond donors (Lipinski definition) is 0. The van der Waals surface area contributed by atoms with Crippen molar-refractivity contribution in [3.8, 4) is 5.75 Å². The van der Waals surface area contributed by atoms with E-state index in [0.717, 1.165) is 5.56 Å². The maximum Gasteiger partial charge on any atom is 0.320 e. The number of carbonyl (C=O) groups is 1. The molecule has 1 aliphatic rings. The van der Waals surface area contributed by atoms with Crippen molar-refractivity contribution in [2.75, 3.05) is 0 Å². The third-order valence-corrected chi connectivity index (χ3v) is 2.63. The van der Waals surface area contributed by atoms with Crippen LogP contribution in [-0.4, -0.2) is 20.7 Å². The van der Waals surface area contributed by atoms with Gasteiger partial charge >= 0.3 is 5.97 Å². The summed E-state index contributed by atoms with van der Waals surface area (Å²) >= 11 is 0. The van der Waals surface area contributed by atoms with Crippen LogP contribution in [0.3, 0.4) is 0 Å². The van der Waals surface area contributed by atoms with Crippen LogP contribution in [0.5, 0.6) is 5.75 Å². The van der Waals surface area contributed by atoms with Gasteiger partial charge in [0.2, 0.25) is 0 Å². The van der Waals surface area contributed by atoms with Gasteiger partial charge in [0.05, 0.1) is 6.54 Å².